The fraction of sp³-hybridized carbons (Fsp3) is 0.394. The molecular formula is C33H38N2O6. The summed E-state index contributed by atoms with van der Waals surface area (Å²) in [6.07, 6.45) is 0. The fourth-order valence-corrected chi connectivity index (χ4v) is 6.13. The van der Waals surface area contributed by atoms with Crippen LogP contribution in [0, 0.1) is 5.92 Å². The number of nitrogens with one attached hydrogen (secondary N) is 1. The number of likely N-dealkylation sites (tertiary alicyclic amines) is 1. The number of carboxylic acids is 1. The highest BCUT2D eigenvalue weighted by Gasteiger charge is 2.48. The molecule has 1 fully saturated rings. The lowest BCUT2D eigenvalue weighted by Crippen LogP contribution is -2.35. The van der Waals surface area contributed by atoms with Crippen LogP contribution < -0.4 is 19.5 Å². The van der Waals surface area contributed by atoms with E-state index in [0.717, 1.165) is 27.9 Å². The van der Waals surface area contributed by atoms with E-state index in [9.17, 15) is 14.7 Å². The Labute approximate surface area is 241 Å². The number of carbonyl (C=O) groups is 2. The van der Waals surface area contributed by atoms with Crippen molar-refractivity contribution >= 4 is 17.6 Å². The maximum Gasteiger partial charge on any atom is 0.309 e. The van der Waals surface area contributed by atoms with Crippen molar-refractivity contribution in [1.29, 1.82) is 0 Å². The maximum absolute atomic E-state index is 13.7. The van der Waals surface area contributed by atoms with Crippen LogP contribution in [0.15, 0.2) is 60.7 Å². The normalized spacial score (nSPS) is 20.0. The molecule has 3 aromatic carbocycles. The molecule has 0 aromatic heterocycles. The summed E-state index contributed by atoms with van der Waals surface area (Å²) < 4.78 is 16.4. The predicted molar refractivity (Wildman–Crippen MR) is 157 cm³/mol. The molecule has 8 heteroatoms. The summed E-state index contributed by atoms with van der Waals surface area (Å²) in [6.45, 7) is 9.04. The van der Waals surface area contributed by atoms with Crippen LogP contribution in [0.4, 0.5) is 5.69 Å². The van der Waals surface area contributed by atoms with Crippen LogP contribution in [-0.2, 0) is 9.59 Å². The molecule has 1 saturated heterocycles. The molecule has 2 aliphatic rings. The van der Waals surface area contributed by atoms with E-state index in [0.29, 0.717) is 23.8 Å². The van der Waals surface area contributed by atoms with E-state index in [1.165, 1.54) is 0 Å². The number of carbonyl (C=O) groups excluding carboxylic acids is 1. The highest BCUT2D eigenvalue weighted by molar-refractivity contribution is 5.94. The lowest BCUT2D eigenvalue weighted by molar-refractivity contribution is -0.143. The minimum atomic E-state index is -0.913. The number of nitrogens with zero attached hydrogens (tertiary/aromatic N) is 1. The Kier molecular flexibility index (Phi) is 8.22. The quantitative estimate of drug-likeness (QED) is 0.325. The van der Waals surface area contributed by atoms with E-state index in [1.807, 2.05) is 53.4 Å². The lowest BCUT2D eigenvalue weighted by Gasteiger charge is -2.27. The number of ether oxygens (including phenoxy) is 3. The molecule has 0 spiro atoms. The number of carboxylic acid groups (broad SMARTS) is 1. The molecule has 5 rings (SSSR count). The van der Waals surface area contributed by atoms with E-state index < -0.39 is 17.9 Å². The van der Waals surface area contributed by atoms with Gasteiger partial charge < -0.3 is 24.6 Å². The van der Waals surface area contributed by atoms with Crippen LogP contribution >= 0.6 is 0 Å². The monoisotopic (exact) mass is 558 g/mol. The summed E-state index contributed by atoms with van der Waals surface area (Å²) >= 11 is 0. The van der Waals surface area contributed by atoms with Gasteiger partial charge in [-0.15, -0.1) is 0 Å². The Morgan fingerprint density at radius 2 is 1.59 bits per heavy atom. The van der Waals surface area contributed by atoms with E-state index in [4.69, 9.17) is 14.2 Å². The first kappa shape index (κ1) is 28.5. The number of amides is 1. The minimum absolute atomic E-state index is 0.0471. The van der Waals surface area contributed by atoms with Crippen molar-refractivity contribution in [2.45, 2.75) is 51.5 Å². The number of hydrogen-bond acceptors (Lipinski definition) is 6. The summed E-state index contributed by atoms with van der Waals surface area (Å²) in [4.78, 5) is 28.6. The molecule has 2 heterocycles. The molecule has 0 saturated carbocycles. The molecule has 0 aliphatic carbocycles. The second-order valence-electron chi connectivity index (χ2n) is 11.4. The molecule has 0 unspecified atom stereocenters. The highest BCUT2D eigenvalue weighted by atomic mass is 16.7. The van der Waals surface area contributed by atoms with Gasteiger partial charge in [0.25, 0.3) is 0 Å². The molecule has 216 valence electrons. The average Bonchev–Trinajstić information content (AvgIpc) is 3.57. The molecule has 0 radical (unpaired) electrons. The summed E-state index contributed by atoms with van der Waals surface area (Å²) in [7, 11) is 1.59. The van der Waals surface area contributed by atoms with Crippen molar-refractivity contribution in [3.63, 3.8) is 0 Å². The smallest absolute Gasteiger partial charge is 0.309 e. The Hall–Kier alpha value is -4.04. The fourth-order valence-electron chi connectivity index (χ4n) is 6.13. The van der Waals surface area contributed by atoms with Crippen molar-refractivity contribution in [1.82, 2.24) is 4.90 Å². The molecular weight excluding hydrogens is 520 g/mol. The largest absolute Gasteiger partial charge is 0.497 e. The third-order valence-corrected chi connectivity index (χ3v) is 8.15. The first-order valence-corrected chi connectivity index (χ1v) is 14.1. The predicted octanol–water partition coefficient (Wildman–Crippen LogP) is 6.15. The van der Waals surface area contributed by atoms with Crippen molar-refractivity contribution in [2.24, 2.45) is 5.92 Å². The van der Waals surface area contributed by atoms with Crippen LogP contribution in [0.2, 0.25) is 0 Å². The number of hydrogen-bond donors (Lipinski definition) is 2. The molecule has 2 N–H and O–H groups in total. The first-order chi connectivity index (χ1) is 19.7. The number of aliphatic carboxylic acids is 1. The molecule has 3 aromatic rings. The highest BCUT2D eigenvalue weighted by Crippen LogP contribution is 2.48. The summed E-state index contributed by atoms with van der Waals surface area (Å²) in [5, 5.41) is 13.8. The number of fused-ring (bicyclic) bond motifs is 1. The Morgan fingerprint density at radius 1 is 0.951 bits per heavy atom. The average molecular weight is 559 g/mol. The second kappa shape index (κ2) is 11.8. The van der Waals surface area contributed by atoms with Crippen LogP contribution in [0.1, 0.15) is 73.7 Å². The van der Waals surface area contributed by atoms with Gasteiger partial charge in [-0.1, -0.05) is 64.1 Å². The van der Waals surface area contributed by atoms with Gasteiger partial charge in [0.15, 0.2) is 11.5 Å². The van der Waals surface area contributed by atoms with Crippen molar-refractivity contribution in [2.75, 3.05) is 32.3 Å². The van der Waals surface area contributed by atoms with Gasteiger partial charge in [-0.2, -0.15) is 0 Å². The van der Waals surface area contributed by atoms with Gasteiger partial charge in [0, 0.05) is 24.2 Å². The van der Waals surface area contributed by atoms with Gasteiger partial charge in [-0.25, -0.2) is 0 Å². The number of methoxy groups -OCH3 is 1. The van der Waals surface area contributed by atoms with E-state index >= 15 is 0 Å². The van der Waals surface area contributed by atoms with Crippen molar-refractivity contribution in [3.05, 3.63) is 82.9 Å². The maximum atomic E-state index is 13.7. The van der Waals surface area contributed by atoms with E-state index in [-0.39, 0.29) is 37.0 Å². The van der Waals surface area contributed by atoms with Gasteiger partial charge >= 0.3 is 5.97 Å². The van der Waals surface area contributed by atoms with Gasteiger partial charge in [0.1, 0.15) is 5.75 Å². The molecule has 1 amide bonds. The Bertz CT molecular complexity index is 1390. The van der Waals surface area contributed by atoms with Gasteiger partial charge in [-0.05, 0) is 58.4 Å². The van der Waals surface area contributed by atoms with Crippen LogP contribution in [-0.4, -0.2) is 48.9 Å². The SMILES string of the molecule is COc1ccc([C@@H]2[C@@H](C(=O)O)[C@@H](c3ccc4c(c3)OCO4)CN2CC(=O)Nc2c(C(C)C)cccc2C(C)C)cc1. The lowest BCUT2D eigenvalue weighted by atomic mass is 9.82. The van der Waals surface area contributed by atoms with Crippen molar-refractivity contribution in [3.8, 4) is 17.2 Å². The summed E-state index contributed by atoms with van der Waals surface area (Å²) in [6, 6.07) is 18.6. The molecule has 3 atom stereocenters. The first-order valence-electron chi connectivity index (χ1n) is 14.1. The van der Waals surface area contributed by atoms with E-state index in [1.54, 1.807) is 7.11 Å². The number of anilines is 1. The van der Waals surface area contributed by atoms with Crippen molar-refractivity contribution < 1.29 is 28.9 Å². The van der Waals surface area contributed by atoms with Crippen LogP contribution in [0.5, 0.6) is 17.2 Å². The Morgan fingerprint density at radius 3 is 2.20 bits per heavy atom. The zero-order chi connectivity index (χ0) is 29.3. The molecule has 2 aliphatic heterocycles. The van der Waals surface area contributed by atoms with Gasteiger partial charge in [0.05, 0.1) is 19.6 Å². The Balaban J connectivity index is 1.50. The standard InChI is InChI=1S/C33H38N2O6/c1-19(2)24-7-6-8-25(20(3)4)31(24)34-29(36)17-35-16-26(22-11-14-27-28(15-22)41-18-40-27)30(33(37)38)32(35)21-9-12-23(39-5)13-10-21/h6-15,19-20,26,30,32H,16-18H2,1-5H3,(H,34,36)(H,37,38)/t26-,30+,32-/m1/s1. The van der Waals surface area contributed by atoms with Crippen LogP contribution in [0.25, 0.3) is 0 Å². The molecule has 41 heavy (non-hydrogen) atoms. The van der Waals surface area contributed by atoms with Crippen LogP contribution in [0.3, 0.4) is 0 Å². The third kappa shape index (κ3) is 5.75. The van der Waals surface area contributed by atoms with E-state index in [2.05, 4.69) is 45.1 Å². The molecule has 8 nitrogen and oxygen atoms in total. The number of benzene rings is 3. The molecule has 0 bridgehead atoms. The number of para-hydroxylation sites is 1. The zero-order valence-electron chi connectivity index (χ0n) is 24.2. The summed E-state index contributed by atoms with van der Waals surface area (Å²) in [5.41, 5.74) is 4.68. The minimum Gasteiger partial charge on any atom is -0.497 e. The van der Waals surface area contributed by atoms with Gasteiger partial charge in [-0.3, -0.25) is 14.5 Å². The third-order valence-electron chi connectivity index (χ3n) is 8.15. The summed E-state index contributed by atoms with van der Waals surface area (Å²) in [5.74, 6) is 0.159. The zero-order valence-corrected chi connectivity index (χ0v) is 24.2. The topological polar surface area (TPSA) is 97.3 Å². The number of rotatable bonds is 9. The van der Waals surface area contributed by atoms with Gasteiger partial charge in [0.2, 0.25) is 12.7 Å². The second-order valence-corrected chi connectivity index (χ2v) is 11.4.